The molecule has 0 bridgehead atoms. The van der Waals surface area contributed by atoms with Crippen molar-refractivity contribution in [2.45, 2.75) is 43.0 Å². The molecule has 2 aromatic carbocycles. The van der Waals surface area contributed by atoms with E-state index in [4.69, 9.17) is 15.9 Å². The lowest BCUT2D eigenvalue weighted by Crippen LogP contribution is -2.19. The Bertz CT molecular complexity index is 1230. The van der Waals surface area contributed by atoms with Crippen molar-refractivity contribution < 1.29 is 4.42 Å². The summed E-state index contributed by atoms with van der Waals surface area (Å²) >= 11 is 4.28. The van der Waals surface area contributed by atoms with Crippen molar-refractivity contribution in [1.82, 2.24) is 15.2 Å². The van der Waals surface area contributed by atoms with Gasteiger partial charge in [-0.2, -0.15) is 0 Å². The summed E-state index contributed by atoms with van der Waals surface area (Å²) in [6.45, 7) is 2.05. The van der Waals surface area contributed by atoms with E-state index in [0.717, 1.165) is 34.3 Å². The largest absolute Gasteiger partial charge is 0.434 e. The van der Waals surface area contributed by atoms with Crippen LogP contribution < -0.4 is 17.2 Å². The van der Waals surface area contributed by atoms with Gasteiger partial charge in [-0.05, 0) is 60.2 Å². The van der Waals surface area contributed by atoms with Crippen LogP contribution in [0.5, 0.6) is 0 Å². The Morgan fingerprint density at radius 1 is 1.16 bits per heavy atom. The number of thiol groups is 1. The molecule has 2 unspecified atom stereocenters. The van der Waals surface area contributed by atoms with Gasteiger partial charge in [-0.1, -0.05) is 25.1 Å². The van der Waals surface area contributed by atoms with E-state index >= 15 is 0 Å². The number of hydrogen-bond donors (Lipinski definition) is 4. The molecular formula is C23H25N5O2S. The number of anilines is 1. The molecule has 0 radical (unpaired) electrons. The fraction of sp³-hybridized carbons (Fsp3) is 0.261. The first-order valence-electron chi connectivity index (χ1n) is 10.2. The van der Waals surface area contributed by atoms with Gasteiger partial charge in [-0.25, -0.2) is 9.89 Å². The Morgan fingerprint density at radius 2 is 2.00 bits per heavy atom. The number of rotatable bonds is 3. The first kappa shape index (κ1) is 21.1. The van der Waals surface area contributed by atoms with Crippen LogP contribution in [0.1, 0.15) is 47.9 Å². The van der Waals surface area contributed by atoms with Crippen molar-refractivity contribution in [3.05, 3.63) is 81.8 Å². The highest BCUT2D eigenvalue weighted by Gasteiger charge is 2.25. The highest BCUT2D eigenvalue weighted by molar-refractivity contribution is 7.80. The zero-order valence-electron chi connectivity index (χ0n) is 17.2. The van der Waals surface area contributed by atoms with Crippen LogP contribution in [0.25, 0.3) is 10.9 Å². The van der Waals surface area contributed by atoms with Crippen molar-refractivity contribution in [1.29, 1.82) is 0 Å². The lowest BCUT2D eigenvalue weighted by Gasteiger charge is -2.20. The fourth-order valence-electron chi connectivity index (χ4n) is 4.05. The third-order valence-corrected chi connectivity index (χ3v) is 6.09. The van der Waals surface area contributed by atoms with Gasteiger partial charge in [0, 0.05) is 28.1 Å². The molecule has 160 valence electrons. The van der Waals surface area contributed by atoms with Gasteiger partial charge in [0.2, 0.25) is 5.89 Å². The predicted octanol–water partition coefficient (Wildman–Crippen LogP) is 3.76. The lowest BCUT2D eigenvalue weighted by molar-refractivity contribution is 0.401. The molecule has 0 fully saturated rings. The van der Waals surface area contributed by atoms with E-state index in [1.807, 2.05) is 31.2 Å². The minimum atomic E-state index is -0.559. The molecule has 0 amide bonds. The second kappa shape index (κ2) is 8.95. The zero-order valence-corrected chi connectivity index (χ0v) is 18.1. The molecule has 1 aliphatic rings. The molecule has 1 aliphatic carbocycles. The maximum atomic E-state index is 11.0. The third-order valence-electron chi connectivity index (χ3n) is 5.73. The molecule has 31 heavy (non-hydrogen) atoms. The van der Waals surface area contributed by atoms with Crippen LogP contribution in [0.2, 0.25) is 0 Å². The van der Waals surface area contributed by atoms with Gasteiger partial charge < -0.3 is 15.9 Å². The third kappa shape index (κ3) is 4.35. The molecule has 2 aromatic heterocycles. The number of H-pyrrole nitrogens is 1. The number of nitrogens with two attached hydrogens (primary N) is 2. The first-order valence-corrected chi connectivity index (χ1v) is 10.6. The average Bonchev–Trinajstić information content (AvgIpc) is 3.45. The average molecular weight is 436 g/mol. The molecule has 7 nitrogen and oxygen atoms in total. The van der Waals surface area contributed by atoms with Crippen molar-refractivity contribution in [2.24, 2.45) is 5.73 Å². The van der Waals surface area contributed by atoms with Crippen molar-refractivity contribution in [2.75, 3.05) is 5.73 Å². The summed E-state index contributed by atoms with van der Waals surface area (Å²) in [5, 5.41) is 7.05. The van der Waals surface area contributed by atoms with Crippen LogP contribution in [-0.2, 0) is 12.8 Å². The maximum Gasteiger partial charge on any atom is 0.434 e. The minimum absolute atomic E-state index is 0.0690. The number of nitrogens with zero attached hydrogens (tertiary/aromatic N) is 2. The standard InChI is InChI=1S/C14H17N3O2.C9H8N2S/c1-8(12(15)13-16-17-14(18)19-13)10-6-2-4-9-5-3-7-11(9)10;10-7-3-4-8(12)9-6(7)2-1-5-11-9/h2,4,6,8,12H,3,5,7,15H2,1H3,(H,17,18);1-5,12H,10H2. The van der Waals surface area contributed by atoms with Crippen molar-refractivity contribution in [3.63, 3.8) is 0 Å². The molecule has 0 spiro atoms. The number of nitrogens with one attached hydrogen (secondary N) is 1. The molecular weight excluding hydrogens is 410 g/mol. The van der Waals surface area contributed by atoms with Crippen LogP contribution in [0.4, 0.5) is 5.69 Å². The van der Waals surface area contributed by atoms with E-state index in [2.05, 4.69) is 46.0 Å². The Hall–Kier alpha value is -3.10. The second-order valence-electron chi connectivity index (χ2n) is 7.68. The van der Waals surface area contributed by atoms with Gasteiger partial charge in [0.25, 0.3) is 0 Å². The molecule has 2 atom stereocenters. The number of fused-ring (bicyclic) bond motifs is 2. The fourth-order valence-corrected chi connectivity index (χ4v) is 4.30. The number of benzene rings is 2. The van der Waals surface area contributed by atoms with Crippen LogP contribution in [0.15, 0.2) is 62.8 Å². The van der Waals surface area contributed by atoms with Gasteiger partial charge in [0.15, 0.2) is 0 Å². The van der Waals surface area contributed by atoms with E-state index < -0.39 is 11.8 Å². The van der Waals surface area contributed by atoms with E-state index in [0.29, 0.717) is 0 Å². The summed E-state index contributed by atoms with van der Waals surface area (Å²) in [7, 11) is 0. The number of hydrogen-bond acceptors (Lipinski definition) is 7. The van der Waals surface area contributed by atoms with Gasteiger partial charge in [0.1, 0.15) is 0 Å². The molecule has 0 saturated carbocycles. The molecule has 4 aromatic rings. The predicted molar refractivity (Wildman–Crippen MR) is 124 cm³/mol. The number of aromatic nitrogens is 3. The molecule has 0 aliphatic heterocycles. The van der Waals surface area contributed by atoms with Crippen molar-refractivity contribution in [3.8, 4) is 0 Å². The van der Waals surface area contributed by atoms with E-state index in [9.17, 15) is 4.79 Å². The highest BCUT2D eigenvalue weighted by Crippen LogP contribution is 2.34. The second-order valence-corrected chi connectivity index (χ2v) is 8.16. The zero-order chi connectivity index (χ0) is 22.0. The Kier molecular flexibility index (Phi) is 6.11. The van der Waals surface area contributed by atoms with E-state index in [-0.39, 0.29) is 11.8 Å². The Labute approximate surface area is 185 Å². The normalized spacial score (nSPS) is 14.5. The monoisotopic (exact) mass is 435 g/mol. The topological polar surface area (TPSA) is 124 Å². The molecule has 5 rings (SSSR count). The van der Waals surface area contributed by atoms with Gasteiger partial charge >= 0.3 is 5.76 Å². The summed E-state index contributed by atoms with van der Waals surface area (Å²) in [5.74, 6) is -0.219. The summed E-state index contributed by atoms with van der Waals surface area (Å²) in [6.07, 6.45) is 5.18. The van der Waals surface area contributed by atoms with Crippen LogP contribution >= 0.6 is 12.6 Å². The molecule has 2 heterocycles. The van der Waals surface area contributed by atoms with Gasteiger partial charge in [-0.15, -0.1) is 17.7 Å². The van der Waals surface area contributed by atoms with Gasteiger partial charge in [0.05, 0.1) is 11.6 Å². The number of aromatic amines is 1. The maximum absolute atomic E-state index is 11.0. The van der Waals surface area contributed by atoms with Gasteiger partial charge in [-0.3, -0.25) is 4.98 Å². The first-order chi connectivity index (χ1) is 15.0. The number of aryl methyl sites for hydroxylation is 1. The Morgan fingerprint density at radius 3 is 2.74 bits per heavy atom. The quantitative estimate of drug-likeness (QED) is 0.287. The minimum Gasteiger partial charge on any atom is -0.398 e. The SMILES string of the molecule is CC(c1cccc2c1CCC2)C(N)c1n[nH]c(=O)o1.Nc1ccc(S)c2ncccc12. The molecule has 8 heteroatoms. The van der Waals surface area contributed by atoms with Crippen molar-refractivity contribution >= 4 is 29.2 Å². The molecule has 5 N–H and O–H groups in total. The van der Waals surface area contributed by atoms with E-state index in [1.165, 1.54) is 23.1 Å². The summed E-state index contributed by atoms with van der Waals surface area (Å²) in [4.78, 5) is 16.0. The highest BCUT2D eigenvalue weighted by atomic mass is 32.1. The summed E-state index contributed by atoms with van der Waals surface area (Å²) in [6, 6.07) is 13.5. The van der Waals surface area contributed by atoms with Crippen LogP contribution in [-0.4, -0.2) is 15.2 Å². The van der Waals surface area contributed by atoms with Crippen LogP contribution in [0, 0.1) is 0 Å². The van der Waals surface area contributed by atoms with E-state index in [1.54, 1.807) is 6.20 Å². The summed E-state index contributed by atoms with van der Waals surface area (Å²) < 4.78 is 4.96. The smallest absolute Gasteiger partial charge is 0.398 e. The Balaban J connectivity index is 0.000000166. The number of nitrogen functional groups attached to an aromatic ring is 1. The lowest BCUT2D eigenvalue weighted by atomic mass is 9.88. The summed E-state index contributed by atoms with van der Waals surface area (Å²) in [5.41, 5.74) is 17.6. The number of pyridine rings is 1. The molecule has 0 saturated heterocycles. The van der Waals surface area contributed by atoms with Crippen LogP contribution in [0.3, 0.4) is 0 Å².